The average Bonchev–Trinajstić information content (AvgIpc) is 2.98. The number of hydrogen-bond donors (Lipinski definition) is 2. The monoisotopic (exact) mass is 356 g/mol. The van der Waals surface area contributed by atoms with E-state index in [1.165, 1.54) is 0 Å². The number of aromatic nitrogens is 1. The molecular formula is C18H20N4O2S. The Bertz CT molecular complexity index is 778. The lowest BCUT2D eigenvalue weighted by molar-refractivity contribution is -0.126. The van der Waals surface area contributed by atoms with E-state index >= 15 is 0 Å². The van der Waals surface area contributed by atoms with Crippen LogP contribution in [0.4, 0.5) is 0 Å². The Morgan fingerprint density at radius 1 is 1.28 bits per heavy atom. The van der Waals surface area contributed by atoms with Crippen LogP contribution in [0.3, 0.4) is 0 Å². The molecule has 2 aliphatic rings. The molecule has 0 spiro atoms. The quantitative estimate of drug-likeness (QED) is 0.794. The summed E-state index contributed by atoms with van der Waals surface area (Å²) in [7, 11) is 0. The minimum Gasteiger partial charge on any atom is -0.467 e. The summed E-state index contributed by atoms with van der Waals surface area (Å²) in [5.41, 5.74) is 1.17. The highest BCUT2D eigenvalue weighted by Gasteiger charge is 2.30. The molecular weight excluding hydrogens is 336 g/mol. The lowest BCUT2D eigenvalue weighted by atomic mass is 9.96. The van der Waals surface area contributed by atoms with E-state index in [1.807, 2.05) is 51.1 Å². The Morgan fingerprint density at radius 3 is 2.68 bits per heavy atom. The molecule has 25 heavy (non-hydrogen) atoms. The van der Waals surface area contributed by atoms with Crippen molar-refractivity contribution >= 4 is 29.1 Å². The first-order valence-electron chi connectivity index (χ1n) is 8.00. The van der Waals surface area contributed by atoms with E-state index in [0.29, 0.717) is 5.90 Å². The number of carbonyl (C=O) groups is 1. The summed E-state index contributed by atoms with van der Waals surface area (Å²) in [6.07, 6.45) is 9.03. The van der Waals surface area contributed by atoms with E-state index in [9.17, 15) is 4.79 Å². The number of nitrogens with zero attached hydrogens (tertiary/aromatic N) is 2. The van der Waals surface area contributed by atoms with Crippen LogP contribution in [0, 0.1) is 5.41 Å². The van der Waals surface area contributed by atoms with Crippen LogP contribution in [0.5, 0.6) is 0 Å². The van der Waals surface area contributed by atoms with E-state index in [0.717, 1.165) is 11.3 Å². The third-order valence-electron chi connectivity index (χ3n) is 3.76. The van der Waals surface area contributed by atoms with Crippen LogP contribution >= 0.6 is 12.2 Å². The molecule has 0 radical (unpaired) electrons. The molecule has 1 amide bonds. The fourth-order valence-electron chi connectivity index (χ4n) is 2.33. The SMILES string of the molecule is CC(C)(C)C(=O)NC(=S)NC1=C[C@H]2N=C(c3ccncc3)O[C@@H]2C=C1. The van der Waals surface area contributed by atoms with Crippen molar-refractivity contribution in [3.8, 4) is 0 Å². The zero-order chi connectivity index (χ0) is 18.0. The first-order chi connectivity index (χ1) is 11.8. The van der Waals surface area contributed by atoms with Gasteiger partial charge in [-0.2, -0.15) is 0 Å². The predicted octanol–water partition coefficient (Wildman–Crippen LogP) is 2.09. The van der Waals surface area contributed by atoms with Crippen molar-refractivity contribution in [2.24, 2.45) is 10.4 Å². The molecule has 0 fully saturated rings. The zero-order valence-electron chi connectivity index (χ0n) is 14.3. The number of hydrogen-bond acceptors (Lipinski definition) is 5. The van der Waals surface area contributed by atoms with Crippen LogP contribution in [0.1, 0.15) is 26.3 Å². The largest absolute Gasteiger partial charge is 0.467 e. The maximum Gasteiger partial charge on any atom is 0.231 e. The first kappa shape index (κ1) is 17.3. The van der Waals surface area contributed by atoms with E-state index in [-0.39, 0.29) is 23.2 Å². The van der Waals surface area contributed by atoms with Gasteiger partial charge in [0.05, 0.1) is 0 Å². The molecule has 3 rings (SSSR count). The van der Waals surface area contributed by atoms with Crippen molar-refractivity contribution in [2.75, 3.05) is 0 Å². The van der Waals surface area contributed by atoms with Crippen LogP contribution in [0.2, 0.25) is 0 Å². The normalized spacial score (nSPS) is 21.6. The van der Waals surface area contributed by atoms with Gasteiger partial charge >= 0.3 is 0 Å². The summed E-state index contributed by atoms with van der Waals surface area (Å²) in [6.45, 7) is 5.50. The van der Waals surface area contributed by atoms with E-state index in [4.69, 9.17) is 17.0 Å². The number of amides is 1. The number of aliphatic imine (C=N–C) groups is 1. The maximum atomic E-state index is 12.0. The lowest BCUT2D eigenvalue weighted by Gasteiger charge is -2.21. The molecule has 6 nitrogen and oxygen atoms in total. The molecule has 2 heterocycles. The molecule has 7 heteroatoms. The van der Waals surface area contributed by atoms with E-state index in [2.05, 4.69) is 20.6 Å². The molecule has 2 N–H and O–H groups in total. The number of ether oxygens (including phenoxy) is 1. The highest BCUT2D eigenvalue weighted by atomic mass is 32.1. The van der Waals surface area contributed by atoms with Crippen molar-refractivity contribution in [1.82, 2.24) is 15.6 Å². The molecule has 1 aliphatic carbocycles. The van der Waals surface area contributed by atoms with Gasteiger partial charge in [-0.3, -0.25) is 9.78 Å². The standard InChI is InChI=1S/C18H20N4O2S/c1-18(2,3)16(23)22-17(25)20-12-4-5-14-13(10-12)21-15(24-14)11-6-8-19-9-7-11/h4-10,13-14H,1-3H3,(H2,20,22,23,25)/t13-,14-/m1/s1. The van der Waals surface area contributed by atoms with Gasteiger partial charge < -0.3 is 15.4 Å². The fraction of sp³-hybridized carbons (Fsp3) is 0.333. The summed E-state index contributed by atoms with van der Waals surface area (Å²) in [5, 5.41) is 5.99. The van der Waals surface area contributed by atoms with Crippen LogP contribution in [-0.4, -0.2) is 34.0 Å². The minimum absolute atomic E-state index is 0.128. The second kappa shape index (κ2) is 6.76. The number of allylic oxidation sites excluding steroid dienone is 1. The molecule has 0 saturated carbocycles. The molecule has 1 aliphatic heterocycles. The molecule has 1 aromatic heterocycles. The van der Waals surface area contributed by atoms with Crippen molar-refractivity contribution < 1.29 is 9.53 Å². The zero-order valence-corrected chi connectivity index (χ0v) is 15.1. The number of rotatable bonds is 2. The van der Waals surface area contributed by atoms with Crippen molar-refractivity contribution in [3.05, 3.63) is 54.0 Å². The summed E-state index contributed by atoms with van der Waals surface area (Å²) in [5.74, 6) is 0.466. The fourth-order valence-corrected chi connectivity index (χ4v) is 2.55. The Balaban J connectivity index is 1.66. The third-order valence-corrected chi connectivity index (χ3v) is 3.96. The highest BCUT2D eigenvalue weighted by molar-refractivity contribution is 7.80. The number of fused-ring (bicyclic) bond motifs is 1. The van der Waals surface area contributed by atoms with Gasteiger partial charge in [-0.15, -0.1) is 0 Å². The molecule has 0 bridgehead atoms. The van der Waals surface area contributed by atoms with Gasteiger partial charge in [0.2, 0.25) is 11.8 Å². The topological polar surface area (TPSA) is 75.6 Å². The first-order valence-corrected chi connectivity index (χ1v) is 8.41. The minimum atomic E-state index is -0.503. The van der Waals surface area contributed by atoms with Gasteiger partial charge in [-0.1, -0.05) is 20.8 Å². The van der Waals surface area contributed by atoms with Crippen molar-refractivity contribution in [2.45, 2.75) is 32.9 Å². The summed E-state index contributed by atoms with van der Waals surface area (Å²) >= 11 is 5.21. The molecule has 0 saturated heterocycles. The smallest absolute Gasteiger partial charge is 0.231 e. The summed E-state index contributed by atoms with van der Waals surface area (Å²) in [4.78, 5) is 20.6. The van der Waals surface area contributed by atoms with Crippen molar-refractivity contribution in [3.63, 3.8) is 0 Å². The van der Waals surface area contributed by atoms with Gasteiger partial charge in [-0.05, 0) is 42.6 Å². The second-order valence-electron chi connectivity index (χ2n) is 6.88. The molecule has 2 atom stereocenters. The third kappa shape index (κ3) is 4.11. The van der Waals surface area contributed by atoms with Crippen LogP contribution in [0.15, 0.2) is 53.4 Å². The second-order valence-corrected chi connectivity index (χ2v) is 7.29. The number of thiocarbonyl (C=S) groups is 1. The van der Waals surface area contributed by atoms with Gasteiger partial charge in [0.1, 0.15) is 12.1 Å². The Labute approximate surface area is 152 Å². The van der Waals surface area contributed by atoms with Gasteiger partial charge in [0.25, 0.3) is 0 Å². The summed E-state index contributed by atoms with van der Waals surface area (Å²) < 4.78 is 5.87. The molecule has 130 valence electrons. The van der Waals surface area contributed by atoms with Crippen LogP contribution in [-0.2, 0) is 9.53 Å². The summed E-state index contributed by atoms with van der Waals surface area (Å²) in [6, 6.07) is 3.59. The van der Waals surface area contributed by atoms with Gasteiger partial charge in [0.15, 0.2) is 5.11 Å². The van der Waals surface area contributed by atoms with Crippen molar-refractivity contribution in [1.29, 1.82) is 0 Å². The number of nitrogens with one attached hydrogen (secondary N) is 2. The Hall–Kier alpha value is -2.54. The highest BCUT2D eigenvalue weighted by Crippen LogP contribution is 2.24. The molecule has 1 aromatic rings. The molecule has 0 aromatic carbocycles. The maximum absolute atomic E-state index is 12.0. The van der Waals surface area contributed by atoms with Gasteiger partial charge in [0, 0.05) is 29.1 Å². The Kier molecular flexibility index (Phi) is 4.67. The molecule has 0 unspecified atom stereocenters. The van der Waals surface area contributed by atoms with E-state index in [1.54, 1.807) is 12.4 Å². The lowest BCUT2D eigenvalue weighted by Crippen LogP contribution is -2.44. The number of pyridine rings is 1. The van der Waals surface area contributed by atoms with E-state index < -0.39 is 5.41 Å². The van der Waals surface area contributed by atoms with Gasteiger partial charge in [-0.25, -0.2) is 4.99 Å². The average molecular weight is 356 g/mol. The number of carbonyl (C=O) groups excluding carboxylic acids is 1. The van der Waals surface area contributed by atoms with Crippen LogP contribution < -0.4 is 10.6 Å². The van der Waals surface area contributed by atoms with Crippen LogP contribution in [0.25, 0.3) is 0 Å². The predicted molar refractivity (Wildman–Crippen MR) is 100.0 cm³/mol. The Morgan fingerprint density at radius 2 is 2.00 bits per heavy atom.